The zero-order valence-corrected chi connectivity index (χ0v) is 8.87. The number of rotatable bonds is 3. The van der Waals surface area contributed by atoms with E-state index in [1.807, 2.05) is 0 Å². The molecule has 0 bridgehead atoms. The Morgan fingerprint density at radius 2 is 2.00 bits per heavy atom. The molecule has 92 valence electrons. The van der Waals surface area contributed by atoms with Crippen molar-refractivity contribution in [1.82, 2.24) is 0 Å². The fraction of sp³-hybridized carbons (Fsp3) is 0.417. The van der Waals surface area contributed by atoms with Gasteiger partial charge in [0.05, 0.1) is 5.56 Å². The molecule has 1 N–H and O–H groups in total. The van der Waals surface area contributed by atoms with Crippen molar-refractivity contribution in [1.29, 1.82) is 0 Å². The van der Waals surface area contributed by atoms with Gasteiger partial charge in [-0.05, 0) is 30.9 Å². The predicted octanol–water partition coefficient (Wildman–Crippen LogP) is 2.66. The largest absolute Gasteiger partial charge is 0.416 e. The molecule has 0 aromatic heterocycles. The van der Waals surface area contributed by atoms with Crippen LogP contribution in [0.25, 0.3) is 0 Å². The van der Waals surface area contributed by atoms with Gasteiger partial charge in [0.15, 0.2) is 5.78 Å². The van der Waals surface area contributed by atoms with Gasteiger partial charge in [0.25, 0.3) is 0 Å². The summed E-state index contributed by atoms with van der Waals surface area (Å²) >= 11 is 0. The van der Waals surface area contributed by atoms with Crippen LogP contribution >= 0.6 is 0 Å². The zero-order chi connectivity index (χ0) is 12.6. The van der Waals surface area contributed by atoms with E-state index in [0.29, 0.717) is 0 Å². The second-order valence-electron chi connectivity index (χ2n) is 4.23. The van der Waals surface area contributed by atoms with Crippen molar-refractivity contribution in [2.75, 3.05) is 0 Å². The Morgan fingerprint density at radius 1 is 1.35 bits per heavy atom. The molecule has 1 fully saturated rings. The normalized spacial score (nSPS) is 17.9. The molecule has 1 aliphatic rings. The van der Waals surface area contributed by atoms with Crippen LogP contribution in [0.3, 0.4) is 0 Å². The lowest BCUT2D eigenvalue weighted by molar-refractivity contribution is -0.137. The van der Waals surface area contributed by atoms with Gasteiger partial charge in [0.2, 0.25) is 0 Å². The number of hydrogen-bond acceptors (Lipinski definition) is 2. The second-order valence-corrected chi connectivity index (χ2v) is 4.23. The molecule has 1 saturated carbocycles. The molecule has 1 aromatic carbocycles. The van der Waals surface area contributed by atoms with Crippen LogP contribution in [0.2, 0.25) is 0 Å². The number of halogens is 3. The molecule has 2 rings (SSSR count). The van der Waals surface area contributed by atoms with Crippen molar-refractivity contribution in [3.63, 3.8) is 0 Å². The first-order valence-electron chi connectivity index (χ1n) is 5.29. The highest BCUT2D eigenvalue weighted by atomic mass is 19.4. The maximum absolute atomic E-state index is 12.4. The second kappa shape index (κ2) is 4.14. The van der Waals surface area contributed by atoms with E-state index < -0.39 is 23.6 Å². The van der Waals surface area contributed by atoms with Gasteiger partial charge in [-0.15, -0.1) is 0 Å². The maximum Gasteiger partial charge on any atom is 0.416 e. The summed E-state index contributed by atoms with van der Waals surface area (Å²) in [5.41, 5.74) is -0.953. The summed E-state index contributed by atoms with van der Waals surface area (Å²) in [7, 11) is 0. The van der Waals surface area contributed by atoms with Crippen LogP contribution < -0.4 is 0 Å². The highest BCUT2D eigenvalue weighted by molar-refractivity contribution is 5.99. The maximum atomic E-state index is 12.4. The molecule has 0 aliphatic heterocycles. The zero-order valence-electron chi connectivity index (χ0n) is 8.87. The highest BCUT2D eigenvalue weighted by Crippen LogP contribution is 2.35. The number of carbonyl (C=O) groups is 1. The fourth-order valence-corrected chi connectivity index (χ4v) is 1.65. The van der Waals surface area contributed by atoms with E-state index in [1.165, 1.54) is 12.1 Å². The molecule has 0 saturated heterocycles. The third kappa shape index (κ3) is 2.66. The molecular formula is C12H11F3O2. The molecule has 17 heavy (non-hydrogen) atoms. The van der Waals surface area contributed by atoms with E-state index in [-0.39, 0.29) is 11.5 Å². The van der Waals surface area contributed by atoms with Crippen molar-refractivity contribution in [3.8, 4) is 0 Å². The lowest BCUT2D eigenvalue weighted by Gasteiger charge is -2.11. The number of ketones is 1. The number of aliphatic hydroxyl groups excluding tert-OH is 1. The van der Waals surface area contributed by atoms with Gasteiger partial charge < -0.3 is 5.11 Å². The van der Waals surface area contributed by atoms with Crippen molar-refractivity contribution in [3.05, 3.63) is 35.4 Å². The Bertz CT molecular complexity index is 436. The van der Waals surface area contributed by atoms with Crippen molar-refractivity contribution in [2.45, 2.75) is 25.1 Å². The first kappa shape index (κ1) is 12.1. The molecule has 2 nitrogen and oxygen atoms in total. The van der Waals surface area contributed by atoms with Crippen LogP contribution in [-0.4, -0.2) is 17.0 Å². The van der Waals surface area contributed by atoms with Gasteiger partial charge >= 0.3 is 6.18 Å². The van der Waals surface area contributed by atoms with Crippen LogP contribution in [0.5, 0.6) is 0 Å². The quantitative estimate of drug-likeness (QED) is 0.830. The van der Waals surface area contributed by atoms with E-state index in [0.717, 1.165) is 25.0 Å². The van der Waals surface area contributed by atoms with E-state index in [4.69, 9.17) is 0 Å². The van der Waals surface area contributed by atoms with E-state index in [2.05, 4.69) is 0 Å². The van der Waals surface area contributed by atoms with Gasteiger partial charge in [0, 0.05) is 5.56 Å². The first-order chi connectivity index (χ1) is 7.89. The summed E-state index contributed by atoms with van der Waals surface area (Å²) in [5.74, 6) is -0.712. The number of hydrogen-bond donors (Lipinski definition) is 1. The van der Waals surface area contributed by atoms with Crippen molar-refractivity contribution >= 4 is 5.78 Å². The molecule has 0 amide bonds. The topological polar surface area (TPSA) is 37.3 Å². The number of alkyl halides is 3. The molecule has 1 unspecified atom stereocenters. The monoisotopic (exact) mass is 244 g/mol. The Balaban J connectivity index is 2.23. The molecule has 0 radical (unpaired) electrons. The third-order valence-electron chi connectivity index (χ3n) is 2.81. The first-order valence-corrected chi connectivity index (χ1v) is 5.29. The average molecular weight is 244 g/mol. The number of benzene rings is 1. The van der Waals surface area contributed by atoms with Crippen LogP contribution in [0.4, 0.5) is 13.2 Å². The Labute approximate surface area is 96.1 Å². The molecular weight excluding hydrogens is 233 g/mol. The van der Waals surface area contributed by atoms with Gasteiger partial charge in [-0.25, -0.2) is 0 Å². The summed E-state index contributed by atoms with van der Waals surface area (Å²) in [4.78, 5) is 11.7. The smallest absolute Gasteiger partial charge is 0.385 e. The average Bonchev–Trinajstić information content (AvgIpc) is 3.10. The molecule has 0 heterocycles. The highest BCUT2D eigenvalue weighted by Gasteiger charge is 2.36. The van der Waals surface area contributed by atoms with Gasteiger partial charge in [-0.3, -0.25) is 4.79 Å². The SMILES string of the molecule is O=C(c1cccc(C(F)(F)F)c1)C(O)C1CC1. The predicted molar refractivity (Wildman–Crippen MR) is 54.5 cm³/mol. The molecule has 1 aliphatic carbocycles. The van der Waals surface area contributed by atoms with Gasteiger partial charge in [-0.2, -0.15) is 13.2 Å². The summed E-state index contributed by atoms with van der Waals surface area (Å²) in [6.07, 6.45) is -4.13. The minimum absolute atomic E-state index is 0.0841. The van der Waals surface area contributed by atoms with Crippen molar-refractivity contribution in [2.24, 2.45) is 5.92 Å². The van der Waals surface area contributed by atoms with E-state index in [1.54, 1.807) is 0 Å². The van der Waals surface area contributed by atoms with Crippen LogP contribution in [0.1, 0.15) is 28.8 Å². The molecule has 1 atom stereocenters. The van der Waals surface area contributed by atoms with E-state index >= 15 is 0 Å². The summed E-state index contributed by atoms with van der Waals surface area (Å²) in [5, 5.41) is 9.57. The Morgan fingerprint density at radius 3 is 2.53 bits per heavy atom. The van der Waals surface area contributed by atoms with Crippen LogP contribution in [0, 0.1) is 5.92 Å². The Kier molecular flexibility index (Phi) is 2.95. The van der Waals surface area contributed by atoms with Crippen LogP contribution in [-0.2, 0) is 6.18 Å². The van der Waals surface area contributed by atoms with E-state index in [9.17, 15) is 23.1 Å². The standard InChI is InChI=1S/C12H11F3O2/c13-12(14,15)9-3-1-2-8(6-9)11(17)10(16)7-4-5-7/h1-3,6-7,10,16H,4-5H2. The third-order valence-corrected chi connectivity index (χ3v) is 2.81. The Hall–Kier alpha value is -1.36. The van der Waals surface area contributed by atoms with Gasteiger partial charge in [-0.1, -0.05) is 12.1 Å². The van der Waals surface area contributed by atoms with Crippen LogP contribution in [0.15, 0.2) is 24.3 Å². The lowest BCUT2D eigenvalue weighted by atomic mass is 10.0. The summed E-state index contributed by atoms with van der Waals surface area (Å²) in [6.45, 7) is 0. The number of aliphatic hydroxyl groups is 1. The number of carbonyl (C=O) groups excluding carboxylic acids is 1. The summed E-state index contributed by atoms with van der Waals surface area (Å²) in [6, 6.07) is 4.16. The van der Waals surface area contributed by atoms with Gasteiger partial charge in [0.1, 0.15) is 6.10 Å². The molecule has 5 heteroatoms. The number of Topliss-reactive ketones (excluding diaryl/α,β-unsaturated/α-hetero) is 1. The van der Waals surface area contributed by atoms with Crippen molar-refractivity contribution < 1.29 is 23.1 Å². The summed E-state index contributed by atoms with van der Waals surface area (Å²) < 4.78 is 37.3. The minimum atomic E-state index is -4.47. The fourth-order valence-electron chi connectivity index (χ4n) is 1.65. The minimum Gasteiger partial charge on any atom is -0.385 e. The lowest BCUT2D eigenvalue weighted by Crippen LogP contribution is -2.23. The molecule has 1 aromatic rings. The molecule has 0 spiro atoms.